The first-order chi connectivity index (χ1) is 17.2. The van der Waals surface area contributed by atoms with Crippen LogP contribution >= 0.6 is 35.0 Å². The maximum Gasteiger partial charge on any atom is 0.328 e. The topological polar surface area (TPSA) is 82.1 Å². The second-order valence-electron chi connectivity index (χ2n) is 7.72. The molecule has 190 valence electrons. The van der Waals surface area contributed by atoms with E-state index in [0.29, 0.717) is 40.1 Å². The summed E-state index contributed by atoms with van der Waals surface area (Å²) in [7, 11) is 1.20. The fourth-order valence-corrected chi connectivity index (χ4v) is 4.76. The molecule has 1 aliphatic rings. The summed E-state index contributed by atoms with van der Waals surface area (Å²) in [5.74, 6) is -0.224. The Hall–Kier alpha value is -2.94. The number of nitrogens with zero attached hydrogens (tertiary/aromatic N) is 1. The number of allylic oxidation sites excluding steroid dienone is 1. The van der Waals surface area contributed by atoms with Crippen molar-refractivity contribution in [3.05, 3.63) is 74.6 Å². The van der Waals surface area contributed by atoms with Gasteiger partial charge in [0.1, 0.15) is 12.6 Å². The van der Waals surface area contributed by atoms with E-state index >= 15 is 0 Å². The van der Waals surface area contributed by atoms with Crippen molar-refractivity contribution in [2.45, 2.75) is 32.9 Å². The maximum absolute atomic E-state index is 12.9. The highest BCUT2D eigenvalue weighted by Gasteiger charge is 2.41. The van der Waals surface area contributed by atoms with E-state index in [0.717, 1.165) is 27.8 Å². The van der Waals surface area contributed by atoms with E-state index in [2.05, 4.69) is 11.3 Å². The first kappa shape index (κ1) is 27.6. The van der Waals surface area contributed by atoms with E-state index < -0.39 is 23.2 Å². The Labute approximate surface area is 224 Å². The Balaban J connectivity index is 1.95. The van der Waals surface area contributed by atoms with Gasteiger partial charge in [0.25, 0.3) is 11.1 Å². The average molecular weight is 550 g/mol. The van der Waals surface area contributed by atoms with E-state index in [4.69, 9.17) is 32.7 Å². The van der Waals surface area contributed by atoms with E-state index in [1.54, 1.807) is 30.4 Å². The highest BCUT2D eigenvalue weighted by atomic mass is 35.5. The van der Waals surface area contributed by atoms with Crippen LogP contribution in [0.2, 0.25) is 10.0 Å². The quantitative estimate of drug-likeness (QED) is 0.195. The SMILES string of the molecule is C=CCc1cc(/C=C2/SC(=O)N([C@H](C)C(=O)OC)C2=O)cc(OCC)c1OCc1ccc(Cl)c(Cl)c1. The molecule has 2 aromatic rings. The van der Waals surface area contributed by atoms with Crippen LogP contribution in [0.15, 0.2) is 47.9 Å². The van der Waals surface area contributed by atoms with E-state index in [1.165, 1.54) is 14.0 Å². The average Bonchev–Trinajstić information content (AvgIpc) is 3.12. The summed E-state index contributed by atoms with van der Waals surface area (Å²) in [6.45, 7) is 7.73. The van der Waals surface area contributed by atoms with Gasteiger partial charge in [-0.3, -0.25) is 14.5 Å². The first-order valence-electron chi connectivity index (χ1n) is 11.0. The van der Waals surface area contributed by atoms with Gasteiger partial charge in [0, 0.05) is 5.56 Å². The third-order valence-electron chi connectivity index (χ3n) is 5.24. The first-order valence-corrected chi connectivity index (χ1v) is 12.6. The number of rotatable bonds is 10. The lowest BCUT2D eigenvalue weighted by Crippen LogP contribution is -2.42. The molecular formula is C26H25Cl2NO6S. The maximum atomic E-state index is 12.9. The summed E-state index contributed by atoms with van der Waals surface area (Å²) < 4.78 is 16.6. The number of hydrogen-bond donors (Lipinski definition) is 0. The molecule has 1 heterocycles. The van der Waals surface area contributed by atoms with Gasteiger partial charge in [-0.2, -0.15) is 0 Å². The van der Waals surface area contributed by atoms with Gasteiger partial charge in [0.2, 0.25) is 0 Å². The number of carbonyl (C=O) groups is 3. The Bertz CT molecular complexity index is 1230. The molecule has 10 heteroatoms. The van der Waals surface area contributed by atoms with Gasteiger partial charge in [-0.1, -0.05) is 35.3 Å². The molecule has 2 aromatic carbocycles. The Morgan fingerprint density at radius 3 is 2.56 bits per heavy atom. The van der Waals surface area contributed by atoms with Crippen LogP contribution in [0.25, 0.3) is 6.08 Å². The van der Waals surface area contributed by atoms with Crippen LogP contribution in [0.1, 0.15) is 30.5 Å². The minimum absolute atomic E-state index is 0.187. The van der Waals surface area contributed by atoms with Crippen molar-refractivity contribution in [1.29, 1.82) is 0 Å². The van der Waals surface area contributed by atoms with Crippen molar-refractivity contribution in [3.63, 3.8) is 0 Å². The number of hydrogen-bond acceptors (Lipinski definition) is 7. The number of ether oxygens (including phenoxy) is 3. The summed E-state index contributed by atoms with van der Waals surface area (Å²) in [5, 5.41) is 0.347. The normalized spacial score (nSPS) is 15.2. The molecule has 0 saturated carbocycles. The highest BCUT2D eigenvalue weighted by molar-refractivity contribution is 8.18. The van der Waals surface area contributed by atoms with Crippen molar-refractivity contribution in [2.24, 2.45) is 0 Å². The van der Waals surface area contributed by atoms with Gasteiger partial charge in [0.05, 0.1) is 28.7 Å². The van der Waals surface area contributed by atoms with Crippen LogP contribution in [0.5, 0.6) is 11.5 Å². The van der Waals surface area contributed by atoms with Crippen molar-refractivity contribution in [2.75, 3.05) is 13.7 Å². The number of methoxy groups -OCH3 is 1. The molecule has 1 saturated heterocycles. The molecule has 1 atom stereocenters. The molecule has 0 aliphatic carbocycles. The third-order valence-corrected chi connectivity index (χ3v) is 6.86. The Morgan fingerprint density at radius 1 is 1.17 bits per heavy atom. The lowest BCUT2D eigenvalue weighted by molar-refractivity contribution is -0.148. The van der Waals surface area contributed by atoms with Gasteiger partial charge in [-0.15, -0.1) is 6.58 Å². The standard InChI is InChI=1S/C26H25Cl2NO6S/c1-5-7-18-10-17(13-22-24(30)29(26(32)36-22)15(3)25(31)33-4)12-21(34-6-2)23(18)35-14-16-8-9-19(27)20(28)11-16/h5,8-13,15H,1,6-7,14H2,2-4H3/b22-13+/t15-/m1/s1. The molecule has 3 rings (SSSR count). The number of esters is 1. The number of carbonyl (C=O) groups excluding carboxylic acids is 3. The smallest absolute Gasteiger partial charge is 0.328 e. The molecule has 7 nitrogen and oxygen atoms in total. The minimum Gasteiger partial charge on any atom is -0.490 e. The molecule has 0 bridgehead atoms. The molecule has 1 aliphatic heterocycles. The fraction of sp³-hybridized carbons (Fsp3) is 0.269. The van der Waals surface area contributed by atoms with Crippen molar-refractivity contribution in [1.82, 2.24) is 4.90 Å². The zero-order valence-corrected chi connectivity index (χ0v) is 22.3. The van der Waals surface area contributed by atoms with Gasteiger partial charge >= 0.3 is 5.97 Å². The van der Waals surface area contributed by atoms with Crippen molar-refractivity contribution >= 4 is 58.2 Å². The number of amides is 2. The molecule has 0 N–H and O–H groups in total. The van der Waals surface area contributed by atoms with E-state index in [9.17, 15) is 14.4 Å². The summed E-state index contributed by atoms with van der Waals surface area (Å²) in [6, 6.07) is 7.80. The summed E-state index contributed by atoms with van der Waals surface area (Å²) >= 11 is 12.9. The van der Waals surface area contributed by atoms with E-state index in [-0.39, 0.29) is 11.5 Å². The van der Waals surface area contributed by atoms with Crippen LogP contribution in [0.3, 0.4) is 0 Å². The van der Waals surface area contributed by atoms with Gasteiger partial charge < -0.3 is 14.2 Å². The number of thioether (sulfide) groups is 1. The fourth-order valence-electron chi connectivity index (χ4n) is 3.53. The summed E-state index contributed by atoms with van der Waals surface area (Å²) in [4.78, 5) is 38.3. The van der Waals surface area contributed by atoms with Crippen molar-refractivity contribution < 1.29 is 28.6 Å². The second-order valence-corrected chi connectivity index (χ2v) is 9.53. The monoisotopic (exact) mass is 549 g/mol. The molecule has 0 spiro atoms. The number of imide groups is 1. The number of halogens is 2. The van der Waals surface area contributed by atoms with Crippen LogP contribution < -0.4 is 9.47 Å². The zero-order valence-electron chi connectivity index (χ0n) is 20.0. The summed E-state index contributed by atoms with van der Waals surface area (Å²) in [5.41, 5.74) is 2.24. The molecule has 36 heavy (non-hydrogen) atoms. The largest absolute Gasteiger partial charge is 0.490 e. The van der Waals surface area contributed by atoms with Crippen molar-refractivity contribution in [3.8, 4) is 11.5 Å². The second kappa shape index (κ2) is 12.3. The van der Waals surface area contributed by atoms with Gasteiger partial charge in [-0.05, 0) is 73.5 Å². The van der Waals surface area contributed by atoms with Crippen LogP contribution in [0, 0.1) is 0 Å². The molecular weight excluding hydrogens is 525 g/mol. The molecule has 0 aromatic heterocycles. The lowest BCUT2D eigenvalue weighted by Gasteiger charge is -2.18. The van der Waals surface area contributed by atoms with Crippen LogP contribution in [-0.4, -0.2) is 41.8 Å². The third kappa shape index (κ3) is 6.24. The van der Waals surface area contributed by atoms with Crippen LogP contribution in [-0.2, 0) is 27.4 Å². The molecule has 1 fully saturated rings. The Kier molecular flexibility index (Phi) is 9.48. The minimum atomic E-state index is -1.03. The predicted octanol–water partition coefficient (Wildman–Crippen LogP) is 6.30. The van der Waals surface area contributed by atoms with Gasteiger partial charge in [-0.25, -0.2) is 4.79 Å². The Morgan fingerprint density at radius 2 is 1.92 bits per heavy atom. The zero-order chi connectivity index (χ0) is 26.4. The van der Waals surface area contributed by atoms with E-state index in [1.807, 2.05) is 19.1 Å². The highest BCUT2D eigenvalue weighted by Crippen LogP contribution is 2.38. The number of benzene rings is 2. The predicted molar refractivity (Wildman–Crippen MR) is 142 cm³/mol. The molecule has 2 amide bonds. The summed E-state index contributed by atoms with van der Waals surface area (Å²) in [6.07, 6.45) is 3.79. The van der Waals surface area contributed by atoms with Gasteiger partial charge in [0.15, 0.2) is 11.5 Å². The molecule has 0 radical (unpaired) electrons. The molecule has 0 unspecified atom stereocenters. The lowest BCUT2D eigenvalue weighted by atomic mass is 10.0. The van der Waals surface area contributed by atoms with Crippen LogP contribution in [0.4, 0.5) is 4.79 Å².